The highest BCUT2D eigenvalue weighted by atomic mass is 35.5. The molecule has 1 N–H and O–H groups in total. The number of nitrogens with one attached hydrogen (secondary N) is 1. The summed E-state index contributed by atoms with van der Waals surface area (Å²) in [7, 11) is 0. The standard InChI is InChI=1S/C16H31N3O.ClH/c1-3-15(11-17-5-1)12-19-6-2-4-16(14-19)13-18-7-9-20-10-8-18;/h15-17H,1-14H2;1H/t15?,16-;/m1./s1. The molecule has 0 aromatic heterocycles. The quantitative estimate of drug-likeness (QED) is 0.849. The molecule has 3 rings (SSSR count). The Balaban J connectivity index is 0.00000161. The van der Waals surface area contributed by atoms with Crippen LogP contribution in [0.2, 0.25) is 0 Å². The molecule has 3 saturated heterocycles. The van der Waals surface area contributed by atoms with E-state index in [1.807, 2.05) is 0 Å². The lowest BCUT2D eigenvalue weighted by Gasteiger charge is -2.38. The highest BCUT2D eigenvalue weighted by molar-refractivity contribution is 5.85. The molecule has 0 amide bonds. The number of nitrogens with zero attached hydrogens (tertiary/aromatic N) is 2. The van der Waals surface area contributed by atoms with Gasteiger partial charge in [-0.15, -0.1) is 12.4 Å². The molecule has 1 unspecified atom stereocenters. The van der Waals surface area contributed by atoms with Gasteiger partial charge in [0.05, 0.1) is 13.2 Å². The fourth-order valence-electron chi connectivity index (χ4n) is 4.06. The number of rotatable bonds is 4. The van der Waals surface area contributed by atoms with Gasteiger partial charge in [0.2, 0.25) is 0 Å². The lowest BCUT2D eigenvalue weighted by atomic mass is 9.94. The number of ether oxygens (including phenoxy) is 1. The van der Waals surface area contributed by atoms with Crippen LogP contribution in [0.1, 0.15) is 25.7 Å². The van der Waals surface area contributed by atoms with Crippen LogP contribution >= 0.6 is 12.4 Å². The van der Waals surface area contributed by atoms with Crippen molar-refractivity contribution in [3.05, 3.63) is 0 Å². The first-order valence-corrected chi connectivity index (χ1v) is 8.63. The Morgan fingerprint density at radius 1 is 0.905 bits per heavy atom. The topological polar surface area (TPSA) is 27.7 Å². The minimum atomic E-state index is 0. The maximum atomic E-state index is 5.45. The smallest absolute Gasteiger partial charge is 0.0594 e. The number of likely N-dealkylation sites (tertiary alicyclic amines) is 1. The largest absolute Gasteiger partial charge is 0.379 e. The van der Waals surface area contributed by atoms with Crippen LogP contribution in [0.5, 0.6) is 0 Å². The van der Waals surface area contributed by atoms with Crippen molar-refractivity contribution in [1.82, 2.24) is 15.1 Å². The Bertz CT molecular complexity index is 255. The van der Waals surface area contributed by atoms with Gasteiger partial charge in [-0.2, -0.15) is 0 Å². The van der Waals surface area contributed by atoms with Gasteiger partial charge in [0.25, 0.3) is 0 Å². The molecule has 5 heteroatoms. The second-order valence-electron chi connectivity index (χ2n) is 6.89. The first kappa shape index (κ1) is 17.5. The minimum absolute atomic E-state index is 0. The molecule has 4 nitrogen and oxygen atoms in total. The van der Waals surface area contributed by atoms with E-state index in [2.05, 4.69) is 15.1 Å². The van der Waals surface area contributed by atoms with E-state index in [9.17, 15) is 0 Å². The average molecular weight is 318 g/mol. The van der Waals surface area contributed by atoms with Crippen LogP contribution in [-0.4, -0.2) is 75.4 Å². The summed E-state index contributed by atoms with van der Waals surface area (Å²) in [6.07, 6.45) is 5.62. The average Bonchev–Trinajstić information content (AvgIpc) is 2.50. The maximum absolute atomic E-state index is 5.45. The van der Waals surface area contributed by atoms with Crippen LogP contribution in [0.15, 0.2) is 0 Å². The Morgan fingerprint density at radius 2 is 1.67 bits per heavy atom. The summed E-state index contributed by atoms with van der Waals surface area (Å²) in [5.74, 6) is 1.78. The lowest BCUT2D eigenvalue weighted by Crippen LogP contribution is -2.46. The zero-order chi connectivity index (χ0) is 13.6. The van der Waals surface area contributed by atoms with Gasteiger partial charge in [-0.05, 0) is 57.2 Å². The van der Waals surface area contributed by atoms with Gasteiger partial charge < -0.3 is 15.0 Å². The molecule has 3 aliphatic rings. The fraction of sp³-hybridized carbons (Fsp3) is 1.00. The van der Waals surface area contributed by atoms with E-state index >= 15 is 0 Å². The van der Waals surface area contributed by atoms with Gasteiger partial charge in [0.15, 0.2) is 0 Å². The monoisotopic (exact) mass is 317 g/mol. The molecule has 124 valence electrons. The van der Waals surface area contributed by atoms with E-state index in [0.29, 0.717) is 0 Å². The minimum Gasteiger partial charge on any atom is -0.379 e. The van der Waals surface area contributed by atoms with E-state index in [0.717, 1.165) is 38.1 Å². The molecule has 0 spiro atoms. The molecule has 3 aliphatic heterocycles. The van der Waals surface area contributed by atoms with Gasteiger partial charge in [-0.25, -0.2) is 0 Å². The van der Waals surface area contributed by atoms with Crippen molar-refractivity contribution in [2.45, 2.75) is 25.7 Å². The normalized spacial score (nSPS) is 32.6. The zero-order valence-corrected chi connectivity index (χ0v) is 14.1. The summed E-state index contributed by atoms with van der Waals surface area (Å²) in [6, 6.07) is 0. The van der Waals surface area contributed by atoms with Crippen molar-refractivity contribution in [2.24, 2.45) is 11.8 Å². The van der Waals surface area contributed by atoms with E-state index < -0.39 is 0 Å². The van der Waals surface area contributed by atoms with Crippen LogP contribution < -0.4 is 5.32 Å². The van der Waals surface area contributed by atoms with E-state index in [1.54, 1.807) is 0 Å². The second-order valence-corrected chi connectivity index (χ2v) is 6.89. The van der Waals surface area contributed by atoms with Crippen LogP contribution in [0.4, 0.5) is 0 Å². The fourth-order valence-corrected chi connectivity index (χ4v) is 4.06. The molecule has 21 heavy (non-hydrogen) atoms. The Morgan fingerprint density at radius 3 is 2.43 bits per heavy atom. The van der Waals surface area contributed by atoms with Crippen LogP contribution in [0, 0.1) is 11.8 Å². The highest BCUT2D eigenvalue weighted by Crippen LogP contribution is 2.21. The molecular weight excluding hydrogens is 286 g/mol. The van der Waals surface area contributed by atoms with Crippen molar-refractivity contribution in [3.8, 4) is 0 Å². The third-order valence-electron chi connectivity index (χ3n) is 5.14. The third-order valence-corrected chi connectivity index (χ3v) is 5.14. The number of hydrogen-bond donors (Lipinski definition) is 1. The molecule has 3 heterocycles. The second kappa shape index (κ2) is 9.31. The van der Waals surface area contributed by atoms with Crippen molar-refractivity contribution in [3.63, 3.8) is 0 Å². The predicted molar refractivity (Wildman–Crippen MR) is 89.3 cm³/mol. The molecule has 0 saturated carbocycles. The highest BCUT2D eigenvalue weighted by Gasteiger charge is 2.25. The van der Waals surface area contributed by atoms with Crippen molar-refractivity contribution in [2.75, 3.05) is 65.6 Å². The molecule has 3 fully saturated rings. The molecule has 2 atom stereocenters. The van der Waals surface area contributed by atoms with E-state index in [-0.39, 0.29) is 12.4 Å². The van der Waals surface area contributed by atoms with Crippen molar-refractivity contribution < 1.29 is 4.74 Å². The van der Waals surface area contributed by atoms with Crippen molar-refractivity contribution in [1.29, 1.82) is 0 Å². The van der Waals surface area contributed by atoms with Crippen LogP contribution in [-0.2, 0) is 4.74 Å². The Labute approximate surface area is 136 Å². The summed E-state index contributed by atoms with van der Waals surface area (Å²) in [5.41, 5.74) is 0. The number of halogens is 1. The summed E-state index contributed by atoms with van der Waals surface area (Å²) in [4.78, 5) is 5.35. The Hall–Kier alpha value is 0.130. The number of piperidine rings is 2. The first-order valence-electron chi connectivity index (χ1n) is 8.63. The SMILES string of the molecule is C1CNCC(CN2CCC[C@H](CN3CCOCC3)C2)C1.Cl. The van der Waals surface area contributed by atoms with Crippen LogP contribution in [0.25, 0.3) is 0 Å². The molecule has 0 radical (unpaired) electrons. The molecule has 0 aliphatic carbocycles. The van der Waals surface area contributed by atoms with Gasteiger partial charge in [-0.3, -0.25) is 4.90 Å². The predicted octanol–water partition coefficient (Wildman–Crippen LogP) is 1.45. The molecule has 0 aromatic carbocycles. The summed E-state index contributed by atoms with van der Waals surface area (Å²) < 4.78 is 5.45. The molecule has 0 bridgehead atoms. The maximum Gasteiger partial charge on any atom is 0.0594 e. The van der Waals surface area contributed by atoms with Crippen LogP contribution in [0.3, 0.4) is 0 Å². The first-order chi connectivity index (χ1) is 9.90. The molecular formula is C16H32ClN3O. The summed E-state index contributed by atoms with van der Waals surface area (Å²) in [6.45, 7) is 11.9. The number of hydrogen-bond acceptors (Lipinski definition) is 4. The van der Waals surface area contributed by atoms with E-state index in [4.69, 9.17) is 4.74 Å². The Kier molecular flexibility index (Phi) is 7.75. The summed E-state index contributed by atoms with van der Waals surface area (Å²) in [5, 5.41) is 3.55. The number of morpholine rings is 1. The van der Waals surface area contributed by atoms with Gasteiger partial charge >= 0.3 is 0 Å². The van der Waals surface area contributed by atoms with Gasteiger partial charge in [-0.1, -0.05) is 0 Å². The zero-order valence-electron chi connectivity index (χ0n) is 13.3. The molecule has 0 aromatic rings. The summed E-state index contributed by atoms with van der Waals surface area (Å²) >= 11 is 0. The van der Waals surface area contributed by atoms with Crippen molar-refractivity contribution >= 4 is 12.4 Å². The van der Waals surface area contributed by atoms with Gasteiger partial charge in [0, 0.05) is 32.7 Å². The lowest BCUT2D eigenvalue weighted by molar-refractivity contribution is 0.0217. The van der Waals surface area contributed by atoms with E-state index in [1.165, 1.54) is 65.0 Å². The third kappa shape index (κ3) is 5.68. The van der Waals surface area contributed by atoms with Gasteiger partial charge in [0.1, 0.15) is 0 Å².